The number of anilines is 2. The molecule has 0 radical (unpaired) electrons. The van der Waals surface area contributed by atoms with Crippen molar-refractivity contribution < 1.29 is 9.53 Å². The summed E-state index contributed by atoms with van der Waals surface area (Å²) in [6.45, 7) is 0.681. The monoisotopic (exact) mass is 426 g/mol. The second kappa shape index (κ2) is 9.07. The standard InChI is InChI=1S/C28H30N2O2/c1-32-27-10-6-5-9-25(27)29-28(31)30-18-17-24-19-23(15-16-26(24)30)22-13-11-21(12-14-22)20-7-3-2-4-8-20/h5-6,9-16,19-20H,2-4,7-8,17-18H2,1H3,(H,29,31). The normalized spacial score (nSPS) is 16.0. The molecule has 3 aromatic rings. The van der Waals surface area contributed by atoms with Crippen LogP contribution in [0.15, 0.2) is 66.7 Å². The largest absolute Gasteiger partial charge is 0.495 e. The summed E-state index contributed by atoms with van der Waals surface area (Å²) in [5.41, 5.74) is 6.82. The van der Waals surface area contributed by atoms with Crippen molar-refractivity contribution in [3.8, 4) is 16.9 Å². The van der Waals surface area contributed by atoms with Gasteiger partial charge < -0.3 is 10.1 Å². The fraction of sp³-hybridized carbons (Fsp3) is 0.321. The molecule has 1 saturated carbocycles. The van der Waals surface area contributed by atoms with Gasteiger partial charge in [0.15, 0.2) is 0 Å². The van der Waals surface area contributed by atoms with Crippen molar-refractivity contribution in [1.29, 1.82) is 0 Å². The SMILES string of the molecule is COc1ccccc1NC(=O)N1CCc2cc(-c3ccc(C4CCCCC4)cc3)ccc21. The minimum absolute atomic E-state index is 0.127. The van der Waals surface area contributed by atoms with Crippen molar-refractivity contribution in [1.82, 2.24) is 0 Å². The topological polar surface area (TPSA) is 41.6 Å². The molecule has 164 valence electrons. The van der Waals surface area contributed by atoms with E-state index in [-0.39, 0.29) is 6.03 Å². The highest BCUT2D eigenvalue weighted by Crippen LogP contribution is 2.36. The second-order valence-corrected chi connectivity index (χ2v) is 8.83. The molecule has 0 bridgehead atoms. The Kier molecular flexibility index (Phi) is 5.85. The molecule has 1 aliphatic heterocycles. The van der Waals surface area contributed by atoms with Crippen LogP contribution in [0, 0.1) is 0 Å². The van der Waals surface area contributed by atoms with E-state index in [1.807, 2.05) is 29.2 Å². The molecule has 1 aliphatic carbocycles. The molecule has 4 nitrogen and oxygen atoms in total. The molecule has 1 heterocycles. The number of urea groups is 1. The summed E-state index contributed by atoms with van der Waals surface area (Å²) in [7, 11) is 1.61. The van der Waals surface area contributed by atoms with Gasteiger partial charge in [0.25, 0.3) is 0 Å². The van der Waals surface area contributed by atoms with Crippen LogP contribution in [0.2, 0.25) is 0 Å². The highest BCUT2D eigenvalue weighted by atomic mass is 16.5. The van der Waals surface area contributed by atoms with Gasteiger partial charge in [-0.15, -0.1) is 0 Å². The predicted octanol–water partition coefficient (Wildman–Crippen LogP) is 7.00. The highest BCUT2D eigenvalue weighted by molar-refractivity contribution is 6.04. The summed E-state index contributed by atoms with van der Waals surface area (Å²) >= 11 is 0. The molecule has 0 saturated heterocycles. The van der Waals surface area contributed by atoms with Crippen molar-refractivity contribution in [3.63, 3.8) is 0 Å². The predicted molar refractivity (Wildman–Crippen MR) is 131 cm³/mol. The summed E-state index contributed by atoms with van der Waals surface area (Å²) in [6, 6.07) is 22.9. The minimum atomic E-state index is -0.127. The van der Waals surface area contributed by atoms with Gasteiger partial charge in [-0.25, -0.2) is 4.79 Å². The van der Waals surface area contributed by atoms with E-state index in [1.54, 1.807) is 7.11 Å². The summed E-state index contributed by atoms with van der Waals surface area (Å²) in [4.78, 5) is 14.8. The second-order valence-electron chi connectivity index (χ2n) is 8.83. The third kappa shape index (κ3) is 4.10. The molecule has 2 amide bonds. The number of rotatable bonds is 4. The quantitative estimate of drug-likeness (QED) is 0.488. The van der Waals surface area contributed by atoms with Gasteiger partial charge in [0, 0.05) is 12.2 Å². The molecule has 1 N–H and O–H groups in total. The maximum absolute atomic E-state index is 12.9. The molecule has 0 atom stereocenters. The van der Waals surface area contributed by atoms with E-state index in [0.717, 1.165) is 18.0 Å². The Morgan fingerprint density at radius 3 is 2.47 bits per heavy atom. The fourth-order valence-electron chi connectivity index (χ4n) is 5.11. The third-order valence-electron chi connectivity index (χ3n) is 6.89. The van der Waals surface area contributed by atoms with E-state index in [2.05, 4.69) is 47.8 Å². The number of carbonyl (C=O) groups is 1. The smallest absolute Gasteiger partial charge is 0.326 e. The first-order valence-electron chi connectivity index (χ1n) is 11.7. The van der Waals surface area contributed by atoms with Gasteiger partial charge in [-0.1, -0.05) is 61.7 Å². The van der Waals surface area contributed by atoms with Crippen LogP contribution in [0.3, 0.4) is 0 Å². The summed E-state index contributed by atoms with van der Waals surface area (Å²) in [5, 5.41) is 2.99. The lowest BCUT2D eigenvalue weighted by Gasteiger charge is -2.22. The van der Waals surface area contributed by atoms with Crippen molar-refractivity contribution in [3.05, 3.63) is 77.9 Å². The lowest BCUT2D eigenvalue weighted by atomic mass is 9.83. The molecule has 1 fully saturated rings. The average molecular weight is 427 g/mol. The lowest BCUT2D eigenvalue weighted by molar-refractivity contribution is 0.257. The molecule has 32 heavy (non-hydrogen) atoms. The number of hydrogen-bond donors (Lipinski definition) is 1. The number of methoxy groups -OCH3 is 1. The van der Waals surface area contributed by atoms with Crippen LogP contribution in [-0.2, 0) is 6.42 Å². The van der Waals surface area contributed by atoms with E-state index in [1.165, 1.54) is 54.4 Å². The number of ether oxygens (including phenoxy) is 1. The first-order valence-corrected chi connectivity index (χ1v) is 11.7. The summed E-state index contributed by atoms with van der Waals surface area (Å²) in [5.74, 6) is 1.39. The zero-order valence-electron chi connectivity index (χ0n) is 18.6. The Labute approximate surface area is 190 Å². The number of nitrogens with one attached hydrogen (secondary N) is 1. The molecule has 2 aliphatic rings. The zero-order valence-corrected chi connectivity index (χ0v) is 18.6. The van der Waals surface area contributed by atoms with Crippen LogP contribution >= 0.6 is 0 Å². The van der Waals surface area contributed by atoms with Gasteiger partial charge in [-0.05, 0) is 71.7 Å². The van der Waals surface area contributed by atoms with E-state index in [4.69, 9.17) is 4.74 Å². The number of hydrogen-bond acceptors (Lipinski definition) is 2. The number of nitrogens with zero attached hydrogens (tertiary/aromatic N) is 1. The number of carbonyl (C=O) groups excluding carboxylic acids is 1. The number of para-hydroxylation sites is 2. The van der Waals surface area contributed by atoms with Gasteiger partial charge in [0.05, 0.1) is 12.8 Å². The van der Waals surface area contributed by atoms with E-state index in [0.29, 0.717) is 18.0 Å². The highest BCUT2D eigenvalue weighted by Gasteiger charge is 2.25. The van der Waals surface area contributed by atoms with Crippen molar-refractivity contribution in [2.75, 3.05) is 23.9 Å². The molecule has 0 unspecified atom stereocenters. The van der Waals surface area contributed by atoms with Crippen molar-refractivity contribution in [2.45, 2.75) is 44.4 Å². The van der Waals surface area contributed by atoms with Crippen LogP contribution in [0.1, 0.15) is 49.1 Å². The summed E-state index contributed by atoms with van der Waals surface area (Å²) in [6.07, 6.45) is 7.62. The van der Waals surface area contributed by atoms with Crippen molar-refractivity contribution in [2.24, 2.45) is 0 Å². The van der Waals surface area contributed by atoms with Crippen LogP contribution in [0.5, 0.6) is 5.75 Å². The maximum Gasteiger partial charge on any atom is 0.326 e. The third-order valence-corrected chi connectivity index (χ3v) is 6.89. The Morgan fingerprint density at radius 1 is 0.938 bits per heavy atom. The van der Waals surface area contributed by atoms with Gasteiger partial charge in [-0.3, -0.25) is 4.90 Å². The van der Waals surface area contributed by atoms with Crippen molar-refractivity contribution >= 4 is 17.4 Å². The van der Waals surface area contributed by atoms with Crippen LogP contribution < -0.4 is 15.0 Å². The maximum atomic E-state index is 12.9. The molecular weight excluding hydrogens is 396 g/mol. The number of amides is 2. The van der Waals surface area contributed by atoms with E-state index >= 15 is 0 Å². The Balaban J connectivity index is 1.32. The number of fused-ring (bicyclic) bond motifs is 1. The minimum Gasteiger partial charge on any atom is -0.495 e. The van der Waals surface area contributed by atoms with Crippen LogP contribution in [-0.4, -0.2) is 19.7 Å². The molecule has 4 heteroatoms. The molecular formula is C28H30N2O2. The average Bonchev–Trinajstić information content (AvgIpc) is 3.28. The van der Waals surface area contributed by atoms with Gasteiger partial charge in [0.1, 0.15) is 5.75 Å². The Bertz CT molecular complexity index is 1100. The summed E-state index contributed by atoms with van der Waals surface area (Å²) < 4.78 is 5.36. The molecule has 0 aromatic heterocycles. The van der Waals surface area contributed by atoms with Crippen LogP contribution in [0.4, 0.5) is 16.2 Å². The Hall–Kier alpha value is -3.27. The zero-order chi connectivity index (χ0) is 21.9. The van der Waals surface area contributed by atoms with Gasteiger partial charge >= 0.3 is 6.03 Å². The molecule has 5 rings (SSSR count). The van der Waals surface area contributed by atoms with Gasteiger partial charge in [-0.2, -0.15) is 0 Å². The first-order chi connectivity index (χ1) is 15.7. The Morgan fingerprint density at radius 2 is 1.69 bits per heavy atom. The van der Waals surface area contributed by atoms with Crippen LogP contribution in [0.25, 0.3) is 11.1 Å². The molecule has 3 aromatic carbocycles. The first kappa shape index (κ1) is 20.6. The van der Waals surface area contributed by atoms with E-state index < -0.39 is 0 Å². The molecule has 0 spiro atoms. The van der Waals surface area contributed by atoms with E-state index in [9.17, 15) is 4.79 Å². The lowest BCUT2D eigenvalue weighted by Crippen LogP contribution is -2.33. The van der Waals surface area contributed by atoms with Gasteiger partial charge in [0.2, 0.25) is 0 Å². The fourth-order valence-corrected chi connectivity index (χ4v) is 5.11. The number of benzene rings is 3.